The fourth-order valence-electron chi connectivity index (χ4n) is 4.18. The Labute approximate surface area is 166 Å². The third-order valence-corrected chi connectivity index (χ3v) is 7.80. The van der Waals surface area contributed by atoms with E-state index >= 15 is 0 Å². The van der Waals surface area contributed by atoms with Crippen LogP contribution in [0.5, 0.6) is 0 Å². The molecule has 0 saturated carbocycles. The fraction of sp³-hybridized carbons (Fsp3) is 0.579. The van der Waals surface area contributed by atoms with Gasteiger partial charge in [-0.25, -0.2) is 4.98 Å². The van der Waals surface area contributed by atoms with E-state index in [1.54, 1.807) is 11.3 Å². The maximum Gasteiger partial charge on any atom is 0.233 e. The molecular weight excluding hydrogens is 378 g/mol. The summed E-state index contributed by atoms with van der Waals surface area (Å²) >= 11 is 3.27. The van der Waals surface area contributed by atoms with Crippen molar-refractivity contribution in [2.24, 2.45) is 5.92 Å². The molecule has 1 atom stereocenters. The normalized spacial score (nSPS) is 20.3. The van der Waals surface area contributed by atoms with Crippen molar-refractivity contribution in [2.45, 2.75) is 50.6 Å². The van der Waals surface area contributed by atoms with E-state index < -0.39 is 0 Å². The Morgan fingerprint density at radius 1 is 1.30 bits per heavy atom. The molecule has 8 heteroatoms. The lowest BCUT2D eigenvalue weighted by Gasteiger charge is -2.26. The van der Waals surface area contributed by atoms with Gasteiger partial charge in [0.2, 0.25) is 5.91 Å². The van der Waals surface area contributed by atoms with Gasteiger partial charge in [-0.15, -0.1) is 21.5 Å². The van der Waals surface area contributed by atoms with Gasteiger partial charge in [0.05, 0.1) is 11.1 Å². The van der Waals surface area contributed by atoms with Crippen LogP contribution in [-0.4, -0.2) is 49.2 Å². The smallest absolute Gasteiger partial charge is 0.233 e. The molecule has 2 aliphatic rings. The van der Waals surface area contributed by atoms with Crippen LogP contribution in [0.1, 0.15) is 43.0 Å². The Kier molecular flexibility index (Phi) is 4.55. The van der Waals surface area contributed by atoms with E-state index in [4.69, 9.17) is 0 Å². The number of hydrogen-bond donors (Lipinski definition) is 0. The Morgan fingerprint density at radius 3 is 3.00 bits per heavy atom. The minimum atomic E-state index is 0.201. The number of thioether (sulfide) groups is 1. The van der Waals surface area contributed by atoms with Crippen LogP contribution in [-0.2, 0) is 17.6 Å². The summed E-state index contributed by atoms with van der Waals surface area (Å²) in [6, 6.07) is 0. The van der Waals surface area contributed by atoms with Gasteiger partial charge >= 0.3 is 0 Å². The Balaban J connectivity index is 1.43. The zero-order valence-electron chi connectivity index (χ0n) is 15.5. The van der Waals surface area contributed by atoms with E-state index in [-0.39, 0.29) is 5.91 Å². The second kappa shape index (κ2) is 7.05. The maximum atomic E-state index is 12.5. The molecule has 6 nitrogen and oxygen atoms in total. The monoisotopic (exact) mass is 401 g/mol. The van der Waals surface area contributed by atoms with Crippen LogP contribution < -0.4 is 0 Å². The molecule has 1 aliphatic carbocycles. The first-order valence-corrected chi connectivity index (χ1v) is 11.6. The second-order valence-corrected chi connectivity index (χ2v) is 9.71. The first-order chi connectivity index (χ1) is 13.2. The molecule has 3 aromatic rings. The highest BCUT2D eigenvalue weighted by Gasteiger charge is 2.24. The van der Waals surface area contributed by atoms with E-state index in [0.717, 1.165) is 60.3 Å². The molecule has 3 aromatic heterocycles. The zero-order valence-corrected chi connectivity index (χ0v) is 17.1. The summed E-state index contributed by atoms with van der Waals surface area (Å²) in [7, 11) is 0. The summed E-state index contributed by atoms with van der Waals surface area (Å²) in [5.74, 6) is 1.36. The molecule has 142 valence electrons. The predicted molar refractivity (Wildman–Crippen MR) is 109 cm³/mol. The van der Waals surface area contributed by atoms with E-state index in [2.05, 4.69) is 22.1 Å². The summed E-state index contributed by atoms with van der Waals surface area (Å²) in [5, 5.41) is 10.8. The van der Waals surface area contributed by atoms with Crippen molar-refractivity contribution < 1.29 is 4.79 Å². The molecule has 1 fully saturated rings. The zero-order chi connectivity index (χ0) is 18.4. The third kappa shape index (κ3) is 3.12. The Morgan fingerprint density at radius 2 is 2.15 bits per heavy atom. The SMILES string of the molecule is C[C@H]1CCc2c(sc3ncn4c(SCC(=O)N5CCCCC5)nnc4c23)C1. The molecule has 0 aromatic carbocycles. The van der Waals surface area contributed by atoms with Crippen molar-refractivity contribution in [3.63, 3.8) is 0 Å². The molecule has 1 saturated heterocycles. The van der Waals surface area contributed by atoms with Gasteiger partial charge in [-0.05, 0) is 50.0 Å². The van der Waals surface area contributed by atoms with E-state index in [0.29, 0.717) is 5.75 Å². The standard InChI is InChI=1S/C19H23N5OS2/c1-12-5-6-13-14(9-12)27-18-16(13)17-21-22-19(24(17)11-20-18)26-10-15(25)23-7-3-2-4-8-23/h11-12H,2-10H2,1H3/t12-/m0/s1. The number of rotatable bonds is 3. The minimum absolute atomic E-state index is 0.201. The molecule has 4 heterocycles. The van der Waals surface area contributed by atoms with Crippen LogP contribution in [0.2, 0.25) is 0 Å². The molecule has 0 unspecified atom stereocenters. The summed E-state index contributed by atoms with van der Waals surface area (Å²) < 4.78 is 1.96. The van der Waals surface area contributed by atoms with Gasteiger partial charge in [0, 0.05) is 18.0 Å². The topological polar surface area (TPSA) is 63.4 Å². The summed E-state index contributed by atoms with van der Waals surface area (Å²) in [6.45, 7) is 4.10. The van der Waals surface area contributed by atoms with Crippen LogP contribution in [0, 0.1) is 5.92 Å². The molecule has 1 aliphatic heterocycles. The molecule has 1 amide bonds. The van der Waals surface area contributed by atoms with Gasteiger partial charge in [-0.2, -0.15) is 0 Å². The highest BCUT2D eigenvalue weighted by molar-refractivity contribution is 7.99. The maximum absolute atomic E-state index is 12.5. The highest BCUT2D eigenvalue weighted by atomic mass is 32.2. The summed E-state index contributed by atoms with van der Waals surface area (Å²) in [6.07, 6.45) is 8.75. The fourth-order valence-corrected chi connectivity index (χ4v) is 6.33. The molecule has 27 heavy (non-hydrogen) atoms. The molecule has 0 radical (unpaired) electrons. The lowest BCUT2D eigenvalue weighted by Crippen LogP contribution is -2.36. The molecular formula is C19H23N5OS2. The highest BCUT2D eigenvalue weighted by Crippen LogP contribution is 2.39. The van der Waals surface area contributed by atoms with E-state index in [9.17, 15) is 4.79 Å². The predicted octanol–water partition coefficient (Wildman–Crippen LogP) is 3.57. The average Bonchev–Trinajstić information content (AvgIpc) is 3.26. The average molecular weight is 402 g/mol. The van der Waals surface area contributed by atoms with Gasteiger partial charge < -0.3 is 4.90 Å². The van der Waals surface area contributed by atoms with Crippen LogP contribution >= 0.6 is 23.1 Å². The van der Waals surface area contributed by atoms with Gasteiger partial charge in [0.25, 0.3) is 0 Å². The lowest BCUT2D eigenvalue weighted by atomic mass is 9.89. The number of thiophene rings is 1. The largest absolute Gasteiger partial charge is 0.342 e. The van der Waals surface area contributed by atoms with Gasteiger partial charge in [-0.3, -0.25) is 9.20 Å². The van der Waals surface area contributed by atoms with E-state index in [1.807, 2.05) is 15.6 Å². The van der Waals surface area contributed by atoms with Crippen molar-refractivity contribution in [3.05, 3.63) is 16.8 Å². The number of hydrogen-bond acceptors (Lipinski definition) is 6. The summed E-state index contributed by atoms with van der Waals surface area (Å²) in [4.78, 5) is 21.6. The van der Waals surface area contributed by atoms with Crippen molar-refractivity contribution in [1.29, 1.82) is 0 Å². The van der Waals surface area contributed by atoms with Crippen LogP contribution in [0.3, 0.4) is 0 Å². The van der Waals surface area contributed by atoms with Gasteiger partial charge in [0.1, 0.15) is 11.2 Å². The molecule has 0 N–H and O–H groups in total. The molecule has 0 spiro atoms. The Bertz CT molecular complexity index is 1000. The number of piperidine rings is 1. The number of fused-ring (bicyclic) bond motifs is 5. The lowest BCUT2D eigenvalue weighted by molar-refractivity contribution is -0.129. The number of likely N-dealkylation sites (tertiary alicyclic amines) is 1. The first kappa shape index (κ1) is 17.4. The summed E-state index contributed by atoms with van der Waals surface area (Å²) in [5.41, 5.74) is 2.31. The van der Waals surface area contributed by atoms with Crippen molar-refractivity contribution in [1.82, 2.24) is 24.5 Å². The van der Waals surface area contributed by atoms with Gasteiger partial charge in [0.15, 0.2) is 10.8 Å². The number of aromatic nitrogens is 4. The third-order valence-electron chi connectivity index (χ3n) is 5.71. The van der Waals surface area contributed by atoms with Crippen LogP contribution in [0.15, 0.2) is 11.5 Å². The molecule has 5 rings (SSSR count). The quantitative estimate of drug-likeness (QED) is 0.628. The van der Waals surface area contributed by atoms with Crippen molar-refractivity contribution in [3.8, 4) is 0 Å². The van der Waals surface area contributed by atoms with Crippen LogP contribution in [0.4, 0.5) is 0 Å². The Hall–Kier alpha value is -1.67. The van der Waals surface area contributed by atoms with Gasteiger partial charge in [-0.1, -0.05) is 18.7 Å². The van der Waals surface area contributed by atoms with Crippen molar-refractivity contribution >= 4 is 44.9 Å². The minimum Gasteiger partial charge on any atom is -0.342 e. The van der Waals surface area contributed by atoms with E-state index in [1.165, 1.54) is 40.4 Å². The number of carbonyl (C=O) groups is 1. The number of nitrogens with zero attached hydrogens (tertiary/aromatic N) is 5. The number of carbonyl (C=O) groups excluding carboxylic acids is 1. The first-order valence-electron chi connectivity index (χ1n) is 9.75. The van der Waals surface area contributed by atoms with Crippen LogP contribution in [0.25, 0.3) is 15.9 Å². The molecule has 0 bridgehead atoms. The number of aryl methyl sites for hydroxylation is 1. The second-order valence-electron chi connectivity index (χ2n) is 7.68. The number of amides is 1. The van der Waals surface area contributed by atoms with Crippen molar-refractivity contribution in [2.75, 3.05) is 18.8 Å².